The predicted molar refractivity (Wildman–Crippen MR) is 74.7 cm³/mol. The van der Waals surface area contributed by atoms with Crippen LogP contribution in [-0.4, -0.2) is 56.8 Å². The molecule has 0 aromatic rings. The maximum absolute atomic E-state index is 12.2. The van der Waals surface area contributed by atoms with Gasteiger partial charge in [0.1, 0.15) is 0 Å². The molecule has 0 aromatic heterocycles. The zero-order valence-corrected chi connectivity index (χ0v) is 12.8. The van der Waals surface area contributed by atoms with Crippen LogP contribution < -0.4 is 5.32 Å². The molecule has 5 nitrogen and oxygen atoms in total. The SMILES string of the molecule is CC(C)N(C)S(=O)(=O)N(C)CCC1CCNCC1. The van der Waals surface area contributed by atoms with Crippen molar-refractivity contribution < 1.29 is 8.42 Å². The van der Waals surface area contributed by atoms with Crippen LogP contribution in [0.25, 0.3) is 0 Å². The Kier molecular flexibility index (Phi) is 6.04. The quantitative estimate of drug-likeness (QED) is 0.784. The van der Waals surface area contributed by atoms with Crippen molar-refractivity contribution in [1.82, 2.24) is 13.9 Å². The van der Waals surface area contributed by atoms with Crippen LogP contribution in [0.15, 0.2) is 0 Å². The number of hydrogen-bond acceptors (Lipinski definition) is 3. The molecule has 108 valence electrons. The first kappa shape index (κ1) is 15.9. The van der Waals surface area contributed by atoms with Crippen LogP contribution >= 0.6 is 0 Å². The maximum Gasteiger partial charge on any atom is 0.281 e. The van der Waals surface area contributed by atoms with Crippen LogP contribution in [-0.2, 0) is 10.2 Å². The van der Waals surface area contributed by atoms with Gasteiger partial charge < -0.3 is 5.32 Å². The van der Waals surface area contributed by atoms with Crippen LogP contribution in [0.5, 0.6) is 0 Å². The lowest BCUT2D eigenvalue weighted by molar-refractivity contribution is 0.309. The molecular weight excluding hydrogens is 250 g/mol. The molecule has 0 spiro atoms. The minimum absolute atomic E-state index is 0.00340. The largest absolute Gasteiger partial charge is 0.317 e. The summed E-state index contributed by atoms with van der Waals surface area (Å²) >= 11 is 0. The van der Waals surface area contributed by atoms with Crippen molar-refractivity contribution in [3.63, 3.8) is 0 Å². The molecule has 0 unspecified atom stereocenters. The molecule has 6 heteroatoms. The molecule has 1 N–H and O–H groups in total. The summed E-state index contributed by atoms with van der Waals surface area (Å²) < 4.78 is 27.3. The second kappa shape index (κ2) is 6.84. The Morgan fingerprint density at radius 2 is 1.78 bits per heavy atom. The molecule has 0 radical (unpaired) electrons. The normalized spacial score (nSPS) is 19.1. The first-order chi connectivity index (χ1) is 8.35. The molecule has 1 rings (SSSR count). The van der Waals surface area contributed by atoms with Gasteiger partial charge >= 0.3 is 0 Å². The van der Waals surface area contributed by atoms with Crippen molar-refractivity contribution in [3.05, 3.63) is 0 Å². The summed E-state index contributed by atoms with van der Waals surface area (Å²) in [6.45, 7) is 6.51. The van der Waals surface area contributed by atoms with Gasteiger partial charge in [0.2, 0.25) is 0 Å². The Bertz CT molecular complexity index is 337. The van der Waals surface area contributed by atoms with E-state index in [0.29, 0.717) is 12.5 Å². The maximum atomic E-state index is 12.2. The Balaban J connectivity index is 2.46. The number of nitrogens with zero attached hydrogens (tertiary/aromatic N) is 2. The fourth-order valence-corrected chi connectivity index (χ4v) is 3.45. The fraction of sp³-hybridized carbons (Fsp3) is 1.00. The van der Waals surface area contributed by atoms with Gasteiger partial charge in [-0.2, -0.15) is 17.0 Å². The summed E-state index contributed by atoms with van der Waals surface area (Å²) in [6.07, 6.45) is 3.28. The van der Waals surface area contributed by atoms with E-state index in [0.717, 1.165) is 32.4 Å². The third-order valence-corrected chi connectivity index (χ3v) is 5.92. The number of nitrogens with one attached hydrogen (secondary N) is 1. The van der Waals surface area contributed by atoms with Gasteiger partial charge in [0.15, 0.2) is 0 Å². The minimum atomic E-state index is -3.29. The third kappa shape index (κ3) is 4.19. The second-order valence-corrected chi connectivity index (χ2v) is 7.52. The molecule has 1 heterocycles. The van der Waals surface area contributed by atoms with Crippen LogP contribution in [0.4, 0.5) is 0 Å². The van der Waals surface area contributed by atoms with E-state index < -0.39 is 10.2 Å². The lowest BCUT2D eigenvalue weighted by Gasteiger charge is -2.29. The molecule has 0 amide bonds. The molecule has 0 bridgehead atoms. The molecule has 1 aliphatic heterocycles. The lowest BCUT2D eigenvalue weighted by atomic mass is 9.95. The van der Waals surface area contributed by atoms with Gasteiger partial charge in [0.25, 0.3) is 10.2 Å². The van der Waals surface area contributed by atoms with Gasteiger partial charge in [-0.25, -0.2) is 0 Å². The monoisotopic (exact) mass is 277 g/mol. The molecule has 0 aromatic carbocycles. The van der Waals surface area contributed by atoms with Gasteiger partial charge in [0.05, 0.1) is 0 Å². The molecular formula is C12H27N3O2S. The Morgan fingerprint density at radius 3 is 2.28 bits per heavy atom. The first-order valence-electron chi connectivity index (χ1n) is 6.75. The van der Waals surface area contributed by atoms with Crippen molar-refractivity contribution >= 4 is 10.2 Å². The summed E-state index contributed by atoms with van der Waals surface area (Å²) in [7, 11) is 0.0278. The molecule has 1 aliphatic rings. The lowest BCUT2D eigenvalue weighted by Crippen LogP contribution is -2.43. The van der Waals surface area contributed by atoms with E-state index in [2.05, 4.69) is 5.32 Å². The van der Waals surface area contributed by atoms with Gasteiger partial charge in [-0.3, -0.25) is 0 Å². The summed E-state index contributed by atoms with van der Waals surface area (Å²) in [5.74, 6) is 0.660. The fourth-order valence-electron chi connectivity index (χ4n) is 2.14. The Morgan fingerprint density at radius 1 is 1.22 bits per heavy atom. The summed E-state index contributed by atoms with van der Waals surface area (Å²) in [5, 5.41) is 3.33. The summed E-state index contributed by atoms with van der Waals surface area (Å²) in [6, 6.07) is -0.00340. The van der Waals surface area contributed by atoms with Crippen LogP contribution in [0.3, 0.4) is 0 Å². The van der Waals surface area contributed by atoms with E-state index in [1.54, 1.807) is 14.1 Å². The molecule has 1 fully saturated rings. The number of piperidine rings is 1. The van der Waals surface area contributed by atoms with Crippen molar-refractivity contribution in [2.45, 2.75) is 39.2 Å². The highest BCUT2D eigenvalue weighted by atomic mass is 32.2. The van der Waals surface area contributed by atoms with E-state index in [4.69, 9.17) is 0 Å². The second-order valence-electron chi connectivity index (χ2n) is 5.42. The zero-order chi connectivity index (χ0) is 13.8. The van der Waals surface area contributed by atoms with Gasteiger partial charge in [-0.1, -0.05) is 0 Å². The van der Waals surface area contributed by atoms with E-state index >= 15 is 0 Å². The minimum Gasteiger partial charge on any atom is -0.317 e. The van der Waals surface area contributed by atoms with Crippen molar-refractivity contribution in [1.29, 1.82) is 0 Å². The van der Waals surface area contributed by atoms with Crippen LogP contribution in [0.2, 0.25) is 0 Å². The van der Waals surface area contributed by atoms with E-state index in [1.165, 1.54) is 8.61 Å². The van der Waals surface area contributed by atoms with E-state index in [9.17, 15) is 8.42 Å². The Hall–Kier alpha value is -0.170. The van der Waals surface area contributed by atoms with Gasteiger partial charge in [-0.15, -0.1) is 0 Å². The van der Waals surface area contributed by atoms with E-state index in [-0.39, 0.29) is 6.04 Å². The average molecular weight is 277 g/mol. The smallest absolute Gasteiger partial charge is 0.281 e. The highest BCUT2D eigenvalue weighted by Crippen LogP contribution is 2.17. The topological polar surface area (TPSA) is 52.7 Å². The van der Waals surface area contributed by atoms with Gasteiger partial charge in [-0.05, 0) is 52.1 Å². The van der Waals surface area contributed by atoms with Gasteiger partial charge in [0, 0.05) is 26.7 Å². The van der Waals surface area contributed by atoms with Crippen molar-refractivity contribution in [2.75, 3.05) is 33.7 Å². The summed E-state index contributed by atoms with van der Waals surface area (Å²) in [4.78, 5) is 0. The average Bonchev–Trinajstić information content (AvgIpc) is 2.35. The van der Waals surface area contributed by atoms with Crippen molar-refractivity contribution in [3.8, 4) is 0 Å². The standard InChI is InChI=1S/C12H27N3O2S/c1-11(2)15(4)18(16,17)14(3)10-7-12-5-8-13-9-6-12/h11-13H,5-10H2,1-4H3. The molecule has 18 heavy (non-hydrogen) atoms. The summed E-state index contributed by atoms with van der Waals surface area (Å²) in [5.41, 5.74) is 0. The first-order valence-corrected chi connectivity index (χ1v) is 8.15. The predicted octanol–water partition coefficient (Wildman–Crippen LogP) is 0.893. The molecule has 1 saturated heterocycles. The number of rotatable bonds is 6. The molecule has 0 saturated carbocycles. The highest BCUT2D eigenvalue weighted by Gasteiger charge is 2.26. The van der Waals surface area contributed by atoms with Crippen molar-refractivity contribution in [2.24, 2.45) is 5.92 Å². The number of hydrogen-bond donors (Lipinski definition) is 1. The molecule has 0 aliphatic carbocycles. The Labute approximate surface area is 112 Å². The highest BCUT2D eigenvalue weighted by molar-refractivity contribution is 7.86. The van der Waals surface area contributed by atoms with Crippen LogP contribution in [0, 0.1) is 5.92 Å². The van der Waals surface area contributed by atoms with E-state index in [1.807, 2.05) is 13.8 Å². The zero-order valence-electron chi connectivity index (χ0n) is 12.0. The third-order valence-electron chi connectivity index (χ3n) is 3.80. The van der Waals surface area contributed by atoms with Crippen LogP contribution in [0.1, 0.15) is 33.1 Å². The molecule has 0 atom stereocenters.